The summed E-state index contributed by atoms with van der Waals surface area (Å²) < 4.78 is 0.667. The van der Waals surface area contributed by atoms with Gasteiger partial charge in [0, 0.05) is 52.3 Å². The Morgan fingerprint density at radius 1 is 1.19 bits per heavy atom. The Bertz CT molecular complexity index is 1140. The number of phenols is 1. The minimum Gasteiger partial charge on any atom is -0.507 e. The van der Waals surface area contributed by atoms with Crippen molar-refractivity contribution in [3.63, 3.8) is 0 Å². The summed E-state index contributed by atoms with van der Waals surface area (Å²) in [6.07, 6.45) is 2.67. The smallest absolute Gasteiger partial charge is 0.266 e. The number of hydrogen-bond acceptors (Lipinski definition) is 5. The number of phenolic OH excluding ortho intramolecular Hbond substituents is 1. The third-order valence-electron chi connectivity index (χ3n) is 4.50. The van der Waals surface area contributed by atoms with Crippen LogP contribution in [0.2, 0.25) is 0 Å². The summed E-state index contributed by atoms with van der Waals surface area (Å²) >= 11 is 1.40. The second-order valence-corrected chi connectivity index (χ2v) is 7.51. The molecule has 3 heterocycles. The van der Waals surface area contributed by atoms with Crippen LogP contribution >= 0.6 is 11.3 Å². The molecule has 0 saturated heterocycles. The van der Waals surface area contributed by atoms with Gasteiger partial charge in [-0.2, -0.15) is 0 Å². The number of hydrogen-bond donors (Lipinski definition) is 2. The summed E-state index contributed by atoms with van der Waals surface area (Å²) in [5.41, 5.74) is 3.16. The van der Waals surface area contributed by atoms with Crippen LogP contribution in [0.15, 0.2) is 46.7 Å². The molecule has 0 spiro atoms. The van der Waals surface area contributed by atoms with Gasteiger partial charge in [0.1, 0.15) is 10.4 Å². The van der Waals surface area contributed by atoms with Gasteiger partial charge in [0.25, 0.3) is 5.56 Å². The lowest BCUT2D eigenvalue weighted by Gasteiger charge is -2.12. The topological polar surface area (TPSA) is 69.2 Å². The second kappa shape index (κ2) is 6.55. The van der Waals surface area contributed by atoms with Gasteiger partial charge in [-0.1, -0.05) is 6.07 Å². The van der Waals surface area contributed by atoms with Crippen molar-refractivity contribution < 1.29 is 5.11 Å². The number of fused-ring (bicyclic) bond motifs is 3. The molecule has 0 aliphatic carbocycles. The predicted molar refractivity (Wildman–Crippen MR) is 107 cm³/mol. The molecule has 2 N–H and O–H groups in total. The zero-order valence-corrected chi connectivity index (χ0v) is 15.4. The van der Waals surface area contributed by atoms with Crippen molar-refractivity contribution in [3.8, 4) is 16.9 Å². The van der Waals surface area contributed by atoms with E-state index in [0.717, 1.165) is 35.0 Å². The lowest BCUT2D eigenvalue weighted by Crippen LogP contribution is -2.15. The molecule has 0 bridgehead atoms. The molecule has 0 atom stereocenters. The fraction of sp³-hybridized carbons (Fsp3) is 0.200. The number of H-pyrrole nitrogens is 1. The molecule has 1 aromatic carbocycles. The first-order chi connectivity index (χ1) is 12.5. The number of likely N-dealkylation sites (N-methyl/N-ethyl adjacent to an activating group) is 1. The number of nitrogens with one attached hydrogen (secondary N) is 1. The van der Waals surface area contributed by atoms with Gasteiger partial charge in [0.15, 0.2) is 0 Å². The Morgan fingerprint density at radius 2 is 2.04 bits per heavy atom. The lowest BCUT2D eigenvalue weighted by atomic mass is 9.98. The molecule has 0 unspecified atom stereocenters. The Labute approximate surface area is 154 Å². The van der Waals surface area contributed by atoms with Gasteiger partial charge < -0.3 is 15.0 Å². The predicted octanol–water partition coefficient (Wildman–Crippen LogP) is 3.61. The molecule has 3 aromatic heterocycles. The fourth-order valence-corrected chi connectivity index (χ4v) is 3.98. The zero-order valence-electron chi connectivity index (χ0n) is 14.6. The molecule has 132 valence electrons. The van der Waals surface area contributed by atoms with E-state index in [9.17, 15) is 9.90 Å². The van der Waals surface area contributed by atoms with Crippen molar-refractivity contribution in [2.24, 2.45) is 0 Å². The quantitative estimate of drug-likeness (QED) is 0.580. The van der Waals surface area contributed by atoms with Crippen LogP contribution in [0.25, 0.3) is 32.1 Å². The van der Waals surface area contributed by atoms with Crippen LogP contribution in [0.3, 0.4) is 0 Å². The first-order valence-corrected chi connectivity index (χ1v) is 9.28. The normalized spacial score (nSPS) is 11.7. The first kappa shape index (κ1) is 16.8. The Morgan fingerprint density at radius 3 is 2.77 bits per heavy atom. The highest BCUT2D eigenvalue weighted by Gasteiger charge is 2.15. The van der Waals surface area contributed by atoms with Gasteiger partial charge >= 0.3 is 0 Å². The summed E-state index contributed by atoms with van der Waals surface area (Å²) in [5.74, 6) is 0.180. The van der Waals surface area contributed by atoms with Gasteiger partial charge in [-0.3, -0.25) is 9.78 Å². The Kier molecular flexibility index (Phi) is 4.22. The average Bonchev–Trinajstić information content (AvgIpc) is 3.12. The van der Waals surface area contributed by atoms with E-state index in [-0.39, 0.29) is 11.3 Å². The zero-order chi connectivity index (χ0) is 18.3. The van der Waals surface area contributed by atoms with E-state index in [4.69, 9.17) is 0 Å². The maximum Gasteiger partial charge on any atom is 0.266 e. The van der Waals surface area contributed by atoms with Crippen LogP contribution < -0.4 is 5.56 Å². The molecule has 0 radical (unpaired) electrons. The average molecular weight is 365 g/mol. The summed E-state index contributed by atoms with van der Waals surface area (Å²) in [6.45, 7) is 0.933. The number of aromatic nitrogens is 2. The maximum atomic E-state index is 12.2. The summed E-state index contributed by atoms with van der Waals surface area (Å²) in [6, 6.07) is 9.26. The highest BCUT2D eigenvalue weighted by atomic mass is 32.1. The lowest BCUT2D eigenvalue weighted by molar-refractivity contribution is 0.412. The third kappa shape index (κ3) is 2.87. The van der Waals surface area contributed by atoms with Gasteiger partial charge in [-0.15, -0.1) is 11.3 Å². The van der Waals surface area contributed by atoms with Gasteiger partial charge in [-0.05, 0) is 43.7 Å². The molecule has 0 amide bonds. The molecular weight excluding hydrogens is 346 g/mol. The van der Waals surface area contributed by atoms with Crippen molar-refractivity contribution in [3.05, 3.63) is 58.0 Å². The van der Waals surface area contributed by atoms with E-state index in [2.05, 4.69) is 14.9 Å². The molecule has 0 aliphatic rings. The van der Waals surface area contributed by atoms with Crippen molar-refractivity contribution in [1.82, 2.24) is 14.9 Å². The number of thiophene rings is 1. The number of rotatable bonds is 4. The van der Waals surface area contributed by atoms with Gasteiger partial charge in [-0.25, -0.2) is 0 Å². The molecule has 0 fully saturated rings. The molecule has 5 nitrogen and oxygen atoms in total. The van der Waals surface area contributed by atoms with E-state index in [1.807, 2.05) is 37.7 Å². The molecular formula is C20H19N3O2S. The van der Waals surface area contributed by atoms with E-state index in [1.54, 1.807) is 18.3 Å². The molecule has 26 heavy (non-hydrogen) atoms. The van der Waals surface area contributed by atoms with E-state index in [0.29, 0.717) is 15.8 Å². The number of aromatic amines is 1. The highest BCUT2D eigenvalue weighted by molar-refractivity contribution is 7.17. The molecule has 6 heteroatoms. The minimum absolute atomic E-state index is 0.101. The molecule has 0 aliphatic heterocycles. The van der Waals surface area contributed by atoms with Crippen molar-refractivity contribution in [2.45, 2.75) is 6.42 Å². The summed E-state index contributed by atoms with van der Waals surface area (Å²) in [5, 5.41) is 14.2. The monoisotopic (exact) mass is 365 g/mol. The second-order valence-electron chi connectivity index (χ2n) is 6.59. The van der Waals surface area contributed by atoms with Crippen molar-refractivity contribution in [2.75, 3.05) is 20.6 Å². The standard InChI is InChI=1S/C20H19N3O2S/c1-23(2)9-7-13-4-3-12(11-21-13)17-16(24)6-5-15-18(17)14-8-10-26-19(14)20(25)22-15/h3-6,8,10-11,24H,7,9H2,1-2H3,(H,22,25). The third-order valence-corrected chi connectivity index (χ3v) is 5.41. The minimum atomic E-state index is -0.101. The largest absolute Gasteiger partial charge is 0.507 e. The van der Waals surface area contributed by atoms with Crippen LogP contribution in [-0.4, -0.2) is 40.6 Å². The number of pyridine rings is 2. The summed E-state index contributed by atoms with van der Waals surface area (Å²) in [4.78, 5) is 21.8. The van der Waals surface area contributed by atoms with Crippen LogP contribution in [-0.2, 0) is 6.42 Å². The Hall–Kier alpha value is -2.70. The van der Waals surface area contributed by atoms with Gasteiger partial charge in [0.05, 0.1) is 0 Å². The van der Waals surface area contributed by atoms with Crippen LogP contribution in [0.5, 0.6) is 5.75 Å². The van der Waals surface area contributed by atoms with Crippen LogP contribution in [0.1, 0.15) is 5.69 Å². The molecule has 0 saturated carbocycles. The van der Waals surface area contributed by atoms with E-state index in [1.165, 1.54) is 11.3 Å². The number of benzene rings is 1. The summed E-state index contributed by atoms with van der Waals surface area (Å²) in [7, 11) is 4.07. The van der Waals surface area contributed by atoms with Crippen LogP contribution in [0, 0.1) is 0 Å². The van der Waals surface area contributed by atoms with E-state index >= 15 is 0 Å². The number of aromatic hydroxyl groups is 1. The van der Waals surface area contributed by atoms with Gasteiger partial charge in [0.2, 0.25) is 0 Å². The Balaban J connectivity index is 1.89. The number of nitrogens with zero attached hydrogens (tertiary/aromatic N) is 2. The first-order valence-electron chi connectivity index (χ1n) is 8.40. The van der Waals surface area contributed by atoms with Crippen molar-refractivity contribution in [1.29, 1.82) is 0 Å². The van der Waals surface area contributed by atoms with E-state index < -0.39 is 0 Å². The van der Waals surface area contributed by atoms with Crippen molar-refractivity contribution >= 4 is 32.3 Å². The molecule has 4 rings (SSSR count). The fourth-order valence-electron chi connectivity index (χ4n) is 3.19. The SMILES string of the molecule is CN(C)CCc1ccc(-c2c(O)ccc3[nH]c(=O)c4sccc4c23)cn1. The van der Waals surface area contributed by atoms with Crippen LogP contribution in [0.4, 0.5) is 0 Å². The highest BCUT2D eigenvalue weighted by Crippen LogP contribution is 2.39. The maximum absolute atomic E-state index is 12.2. The molecule has 4 aromatic rings.